The minimum atomic E-state index is -3.40. The van der Waals surface area contributed by atoms with Crippen LogP contribution in [0.5, 0.6) is 0 Å². The number of benzene rings is 1. The lowest BCUT2D eigenvalue weighted by molar-refractivity contribution is 0.372. The summed E-state index contributed by atoms with van der Waals surface area (Å²) in [6.07, 6.45) is 5.25. The first-order chi connectivity index (χ1) is 10.1. The molecule has 0 aliphatic heterocycles. The summed E-state index contributed by atoms with van der Waals surface area (Å²) in [6.45, 7) is 3.60. The average molecular weight is 310 g/mol. The Balaban J connectivity index is 2.22. The highest BCUT2D eigenvalue weighted by atomic mass is 32.2. The second-order valence-corrected chi connectivity index (χ2v) is 7.71. The standard InChI is InChI=1S/C16H26N2O2S/c1-3-12-17-13-14-8-4-7-11-16(14)21(19,20)18(2)15-9-5-6-10-15/h4,7-8,11,15,17H,3,5-6,9-10,12-13H2,1-2H3. The van der Waals surface area contributed by atoms with Gasteiger partial charge in [-0.3, -0.25) is 0 Å². The Bertz CT molecular complexity index is 551. The molecule has 21 heavy (non-hydrogen) atoms. The zero-order chi connectivity index (χ0) is 15.3. The molecule has 0 atom stereocenters. The van der Waals surface area contributed by atoms with Crippen LogP contribution in [0.3, 0.4) is 0 Å². The van der Waals surface area contributed by atoms with Gasteiger partial charge < -0.3 is 5.32 Å². The highest BCUT2D eigenvalue weighted by molar-refractivity contribution is 7.89. The summed E-state index contributed by atoms with van der Waals surface area (Å²) in [5, 5.41) is 3.29. The fourth-order valence-corrected chi connectivity index (χ4v) is 4.56. The summed E-state index contributed by atoms with van der Waals surface area (Å²) in [5.41, 5.74) is 0.857. The Morgan fingerprint density at radius 2 is 1.90 bits per heavy atom. The quantitative estimate of drug-likeness (QED) is 0.788. The number of nitrogens with zero attached hydrogens (tertiary/aromatic N) is 1. The molecule has 118 valence electrons. The molecule has 0 heterocycles. The Kier molecular flexibility index (Phi) is 5.79. The molecule has 1 aliphatic carbocycles. The lowest BCUT2D eigenvalue weighted by Crippen LogP contribution is -2.36. The summed E-state index contributed by atoms with van der Waals surface area (Å²) >= 11 is 0. The van der Waals surface area contributed by atoms with Crippen molar-refractivity contribution in [3.63, 3.8) is 0 Å². The van der Waals surface area contributed by atoms with E-state index < -0.39 is 10.0 Å². The normalized spacial score (nSPS) is 16.7. The highest BCUT2D eigenvalue weighted by Gasteiger charge is 2.31. The van der Waals surface area contributed by atoms with Crippen molar-refractivity contribution in [3.05, 3.63) is 29.8 Å². The Hall–Kier alpha value is -0.910. The summed E-state index contributed by atoms with van der Waals surface area (Å²) in [6, 6.07) is 7.49. The monoisotopic (exact) mass is 310 g/mol. The van der Waals surface area contributed by atoms with Gasteiger partial charge in [0.05, 0.1) is 4.90 Å². The van der Waals surface area contributed by atoms with Crippen molar-refractivity contribution in [1.29, 1.82) is 0 Å². The van der Waals surface area contributed by atoms with E-state index in [1.165, 1.54) is 0 Å². The molecule has 4 nitrogen and oxygen atoms in total. The van der Waals surface area contributed by atoms with E-state index in [0.29, 0.717) is 11.4 Å². The smallest absolute Gasteiger partial charge is 0.243 e. The van der Waals surface area contributed by atoms with Crippen molar-refractivity contribution >= 4 is 10.0 Å². The molecule has 0 unspecified atom stereocenters. The molecule has 1 aromatic carbocycles. The number of hydrogen-bond acceptors (Lipinski definition) is 3. The fraction of sp³-hybridized carbons (Fsp3) is 0.625. The second-order valence-electron chi connectivity index (χ2n) is 5.74. The Morgan fingerprint density at radius 1 is 1.24 bits per heavy atom. The van der Waals surface area contributed by atoms with Crippen molar-refractivity contribution in [3.8, 4) is 0 Å². The van der Waals surface area contributed by atoms with Gasteiger partial charge in [-0.15, -0.1) is 0 Å². The molecule has 1 saturated carbocycles. The Morgan fingerprint density at radius 3 is 2.57 bits per heavy atom. The number of sulfonamides is 1. The van der Waals surface area contributed by atoms with Gasteiger partial charge in [-0.25, -0.2) is 8.42 Å². The number of nitrogens with one attached hydrogen (secondary N) is 1. The van der Waals surface area contributed by atoms with E-state index in [1.807, 2.05) is 12.1 Å². The highest BCUT2D eigenvalue weighted by Crippen LogP contribution is 2.28. The molecular weight excluding hydrogens is 284 g/mol. The molecule has 1 aromatic rings. The Labute approximate surface area is 128 Å². The molecule has 1 N–H and O–H groups in total. The van der Waals surface area contributed by atoms with E-state index in [4.69, 9.17) is 0 Å². The van der Waals surface area contributed by atoms with Gasteiger partial charge in [0, 0.05) is 19.6 Å². The second kappa shape index (κ2) is 7.38. The summed E-state index contributed by atoms with van der Waals surface area (Å²) in [4.78, 5) is 0.447. The molecule has 0 amide bonds. The van der Waals surface area contributed by atoms with Gasteiger partial charge in [-0.05, 0) is 37.4 Å². The van der Waals surface area contributed by atoms with Crippen molar-refractivity contribution < 1.29 is 8.42 Å². The molecule has 1 aliphatic rings. The molecule has 0 saturated heterocycles. The molecule has 1 fully saturated rings. The predicted molar refractivity (Wildman–Crippen MR) is 85.6 cm³/mol. The summed E-state index contributed by atoms with van der Waals surface area (Å²) < 4.78 is 27.3. The van der Waals surface area contributed by atoms with Gasteiger partial charge in [0.1, 0.15) is 0 Å². The zero-order valence-electron chi connectivity index (χ0n) is 13.0. The van der Waals surface area contributed by atoms with E-state index in [9.17, 15) is 8.42 Å². The van der Waals surface area contributed by atoms with E-state index in [0.717, 1.165) is 44.2 Å². The summed E-state index contributed by atoms with van der Waals surface area (Å²) in [5.74, 6) is 0. The topological polar surface area (TPSA) is 49.4 Å². The molecule has 2 rings (SSSR count). The van der Waals surface area contributed by atoms with Crippen LogP contribution in [0, 0.1) is 0 Å². The summed E-state index contributed by atoms with van der Waals surface area (Å²) in [7, 11) is -1.67. The van der Waals surface area contributed by atoms with E-state index in [-0.39, 0.29) is 6.04 Å². The number of rotatable bonds is 7. The SMILES string of the molecule is CCCNCc1ccccc1S(=O)(=O)N(C)C1CCCC1. The van der Waals surface area contributed by atoms with E-state index in [2.05, 4.69) is 12.2 Å². The first kappa shape index (κ1) is 16.5. The third kappa shape index (κ3) is 3.84. The lowest BCUT2D eigenvalue weighted by Gasteiger charge is -2.25. The average Bonchev–Trinajstić information content (AvgIpc) is 3.01. The van der Waals surface area contributed by atoms with E-state index in [1.54, 1.807) is 23.5 Å². The third-order valence-electron chi connectivity index (χ3n) is 4.21. The number of hydrogen-bond donors (Lipinski definition) is 1. The van der Waals surface area contributed by atoms with Crippen LogP contribution in [0.1, 0.15) is 44.6 Å². The molecule has 0 spiro atoms. The minimum absolute atomic E-state index is 0.159. The van der Waals surface area contributed by atoms with Crippen LogP contribution in [0.15, 0.2) is 29.2 Å². The van der Waals surface area contributed by atoms with Crippen molar-refractivity contribution in [1.82, 2.24) is 9.62 Å². The minimum Gasteiger partial charge on any atom is -0.313 e. The fourth-order valence-electron chi connectivity index (χ4n) is 2.92. The van der Waals surface area contributed by atoms with Gasteiger partial charge in [0.15, 0.2) is 0 Å². The lowest BCUT2D eigenvalue weighted by atomic mass is 10.2. The third-order valence-corrected chi connectivity index (χ3v) is 6.22. The van der Waals surface area contributed by atoms with Crippen molar-refractivity contribution in [2.45, 2.75) is 56.5 Å². The van der Waals surface area contributed by atoms with Crippen LogP contribution in [0.2, 0.25) is 0 Å². The maximum Gasteiger partial charge on any atom is 0.243 e. The van der Waals surface area contributed by atoms with Gasteiger partial charge in [-0.2, -0.15) is 4.31 Å². The molecule has 0 bridgehead atoms. The van der Waals surface area contributed by atoms with Crippen LogP contribution in [-0.2, 0) is 16.6 Å². The van der Waals surface area contributed by atoms with E-state index >= 15 is 0 Å². The van der Waals surface area contributed by atoms with Crippen LogP contribution in [-0.4, -0.2) is 32.4 Å². The van der Waals surface area contributed by atoms with Gasteiger partial charge in [0.2, 0.25) is 10.0 Å². The van der Waals surface area contributed by atoms with Gasteiger partial charge >= 0.3 is 0 Å². The van der Waals surface area contributed by atoms with Gasteiger partial charge in [-0.1, -0.05) is 38.0 Å². The largest absolute Gasteiger partial charge is 0.313 e. The molecular formula is C16H26N2O2S. The molecule has 0 radical (unpaired) electrons. The first-order valence-electron chi connectivity index (χ1n) is 7.84. The first-order valence-corrected chi connectivity index (χ1v) is 9.28. The van der Waals surface area contributed by atoms with Crippen molar-refractivity contribution in [2.24, 2.45) is 0 Å². The maximum atomic E-state index is 12.9. The predicted octanol–water partition coefficient (Wildman–Crippen LogP) is 2.75. The zero-order valence-corrected chi connectivity index (χ0v) is 13.8. The van der Waals surface area contributed by atoms with Gasteiger partial charge in [0.25, 0.3) is 0 Å². The molecule has 0 aromatic heterocycles. The van der Waals surface area contributed by atoms with Crippen LogP contribution in [0.4, 0.5) is 0 Å². The van der Waals surface area contributed by atoms with Crippen LogP contribution in [0.25, 0.3) is 0 Å². The van der Waals surface area contributed by atoms with Crippen LogP contribution < -0.4 is 5.32 Å². The maximum absolute atomic E-state index is 12.9. The van der Waals surface area contributed by atoms with Crippen molar-refractivity contribution in [2.75, 3.05) is 13.6 Å². The van der Waals surface area contributed by atoms with Crippen LogP contribution >= 0.6 is 0 Å². The molecule has 5 heteroatoms.